The van der Waals surface area contributed by atoms with Gasteiger partial charge in [-0.25, -0.2) is 4.21 Å². The standard InChI is InChI=1S/C20H16N2OS2/c23-25(22-19-6-1-2-7-20(19)24)17-5-3-4-14(13-17)15-8-9-18-16(12-15)10-11-21-18/h1-13,21-22,24H. The molecule has 1 atom stereocenters. The van der Waals surface area contributed by atoms with E-state index in [9.17, 15) is 4.21 Å². The van der Waals surface area contributed by atoms with Gasteiger partial charge in [0, 0.05) is 16.6 Å². The van der Waals surface area contributed by atoms with E-state index in [2.05, 4.69) is 40.5 Å². The second-order valence-electron chi connectivity index (χ2n) is 5.70. The molecule has 1 aromatic heterocycles. The second-order valence-corrected chi connectivity index (χ2v) is 7.39. The van der Waals surface area contributed by atoms with Gasteiger partial charge in [0.15, 0.2) is 0 Å². The van der Waals surface area contributed by atoms with Crippen molar-refractivity contribution in [3.8, 4) is 11.1 Å². The summed E-state index contributed by atoms with van der Waals surface area (Å²) in [5.41, 5.74) is 3.99. The highest BCUT2D eigenvalue weighted by molar-refractivity contribution is 7.86. The first-order valence-corrected chi connectivity index (χ1v) is 9.44. The summed E-state index contributed by atoms with van der Waals surface area (Å²) >= 11 is 4.39. The molecule has 0 saturated heterocycles. The number of hydrogen-bond donors (Lipinski definition) is 3. The molecule has 1 unspecified atom stereocenters. The number of nitrogens with one attached hydrogen (secondary N) is 2. The molecule has 0 fully saturated rings. The first-order chi connectivity index (χ1) is 12.2. The molecule has 5 heteroatoms. The van der Waals surface area contributed by atoms with E-state index in [1.54, 1.807) is 0 Å². The van der Waals surface area contributed by atoms with Crippen molar-refractivity contribution >= 4 is 40.2 Å². The summed E-state index contributed by atoms with van der Waals surface area (Å²) < 4.78 is 15.7. The third-order valence-corrected chi connectivity index (χ3v) is 5.52. The monoisotopic (exact) mass is 364 g/mol. The summed E-state index contributed by atoms with van der Waals surface area (Å²) in [5, 5.41) is 1.16. The highest BCUT2D eigenvalue weighted by Crippen LogP contribution is 2.26. The molecule has 0 aliphatic carbocycles. The molecule has 3 nitrogen and oxygen atoms in total. The zero-order valence-corrected chi connectivity index (χ0v) is 15.0. The Labute approximate surface area is 154 Å². The molecule has 0 amide bonds. The first-order valence-electron chi connectivity index (χ1n) is 7.85. The Kier molecular flexibility index (Phi) is 4.34. The van der Waals surface area contributed by atoms with Crippen LogP contribution in [0.4, 0.5) is 5.69 Å². The Morgan fingerprint density at radius 1 is 0.880 bits per heavy atom. The van der Waals surface area contributed by atoms with Crippen molar-refractivity contribution in [1.29, 1.82) is 0 Å². The lowest BCUT2D eigenvalue weighted by Gasteiger charge is -2.10. The quantitative estimate of drug-likeness (QED) is 0.425. The fourth-order valence-electron chi connectivity index (χ4n) is 2.74. The molecule has 0 bridgehead atoms. The van der Waals surface area contributed by atoms with Crippen LogP contribution in [-0.2, 0) is 11.0 Å². The van der Waals surface area contributed by atoms with Crippen LogP contribution in [0.15, 0.2) is 88.8 Å². The van der Waals surface area contributed by atoms with Crippen molar-refractivity contribution in [1.82, 2.24) is 4.98 Å². The highest BCUT2D eigenvalue weighted by atomic mass is 32.2. The van der Waals surface area contributed by atoms with E-state index in [-0.39, 0.29) is 0 Å². The molecule has 124 valence electrons. The fourth-order valence-corrected chi connectivity index (χ4v) is 3.97. The molecule has 4 aromatic rings. The van der Waals surface area contributed by atoms with Crippen LogP contribution < -0.4 is 4.72 Å². The molecule has 0 aliphatic rings. The minimum Gasteiger partial charge on any atom is -0.361 e. The number of fused-ring (bicyclic) bond motifs is 1. The number of hydrogen-bond acceptors (Lipinski definition) is 2. The van der Waals surface area contributed by atoms with Gasteiger partial charge in [-0.2, -0.15) is 0 Å². The number of thiol groups is 1. The predicted octanol–water partition coefficient (Wildman–Crippen LogP) is 5.26. The van der Waals surface area contributed by atoms with Gasteiger partial charge in [0.2, 0.25) is 0 Å². The van der Waals surface area contributed by atoms with Gasteiger partial charge in [-0.1, -0.05) is 30.3 Å². The molecular weight excluding hydrogens is 348 g/mol. The van der Waals surface area contributed by atoms with Crippen molar-refractivity contribution in [2.75, 3.05) is 4.72 Å². The molecule has 1 heterocycles. The van der Waals surface area contributed by atoms with Gasteiger partial charge in [0.25, 0.3) is 0 Å². The van der Waals surface area contributed by atoms with Gasteiger partial charge in [0.05, 0.1) is 10.6 Å². The lowest BCUT2D eigenvalue weighted by molar-refractivity contribution is 0.686. The Bertz CT molecular complexity index is 1070. The third kappa shape index (κ3) is 3.34. The maximum Gasteiger partial charge on any atom is 0.150 e. The maximum atomic E-state index is 12.7. The minimum absolute atomic E-state index is 0.725. The Balaban J connectivity index is 1.64. The van der Waals surface area contributed by atoms with E-state index in [0.29, 0.717) is 0 Å². The summed E-state index contributed by atoms with van der Waals surface area (Å²) in [4.78, 5) is 4.69. The number of anilines is 1. The lowest BCUT2D eigenvalue weighted by atomic mass is 10.0. The summed E-state index contributed by atoms with van der Waals surface area (Å²) in [6, 6.07) is 23.6. The molecule has 0 saturated carbocycles. The van der Waals surface area contributed by atoms with Crippen LogP contribution in [0, 0.1) is 0 Å². The number of H-pyrrole nitrogens is 1. The van der Waals surface area contributed by atoms with Gasteiger partial charge >= 0.3 is 0 Å². The van der Waals surface area contributed by atoms with Gasteiger partial charge in [-0.15, -0.1) is 12.6 Å². The van der Waals surface area contributed by atoms with Crippen LogP contribution in [-0.4, -0.2) is 9.19 Å². The molecule has 25 heavy (non-hydrogen) atoms. The largest absolute Gasteiger partial charge is 0.361 e. The summed E-state index contributed by atoms with van der Waals surface area (Å²) in [7, 11) is -1.35. The number of aromatic amines is 1. The zero-order valence-electron chi connectivity index (χ0n) is 13.3. The van der Waals surface area contributed by atoms with Crippen molar-refractivity contribution < 1.29 is 4.21 Å². The average Bonchev–Trinajstić information content (AvgIpc) is 3.11. The van der Waals surface area contributed by atoms with E-state index in [1.165, 1.54) is 0 Å². The van der Waals surface area contributed by atoms with E-state index in [1.807, 2.05) is 60.8 Å². The highest BCUT2D eigenvalue weighted by Gasteiger charge is 2.08. The number of benzene rings is 3. The Morgan fingerprint density at radius 2 is 1.72 bits per heavy atom. The van der Waals surface area contributed by atoms with Crippen LogP contribution in [0.1, 0.15) is 0 Å². The van der Waals surface area contributed by atoms with Crippen LogP contribution in [0.2, 0.25) is 0 Å². The van der Waals surface area contributed by atoms with Crippen LogP contribution in [0.5, 0.6) is 0 Å². The Morgan fingerprint density at radius 3 is 2.60 bits per heavy atom. The van der Waals surface area contributed by atoms with Crippen LogP contribution in [0.3, 0.4) is 0 Å². The van der Waals surface area contributed by atoms with E-state index in [4.69, 9.17) is 0 Å². The summed E-state index contributed by atoms with van der Waals surface area (Å²) in [6.07, 6.45) is 1.93. The van der Waals surface area contributed by atoms with E-state index in [0.717, 1.165) is 37.5 Å². The number of para-hydroxylation sites is 1. The predicted molar refractivity (Wildman–Crippen MR) is 107 cm³/mol. The van der Waals surface area contributed by atoms with Crippen molar-refractivity contribution in [3.63, 3.8) is 0 Å². The summed E-state index contributed by atoms with van der Waals surface area (Å²) in [5.74, 6) is 0. The molecule has 0 radical (unpaired) electrons. The van der Waals surface area contributed by atoms with Crippen LogP contribution >= 0.6 is 12.6 Å². The van der Waals surface area contributed by atoms with Crippen molar-refractivity contribution in [2.45, 2.75) is 9.79 Å². The Hall–Kier alpha value is -2.50. The molecule has 2 N–H and O–H groups in total. The van der Waals surface area contributed by atoms with Crippen LogP contribution in [0.25, 0.3) is 22.0 Å². The zero-order chi connectivity index (χ0) is 17.2. The van der Waals surface area contributed by atoms with Crippen molar-refractivity contribution in [2.24, 2.45) is 0 Å². The molecule has 4 rings (SSSR count). The van der Waals surface area contributed by atoms with Crippen molar-refractivity contribution in [3.05, 3.63) is 79.0 Å². The van der Waals surface area contributed by atoms with Gasteiger partial charge in [-0.3, -0.25) is 0 Å². The van der Waals surface area contributed by atoms with Gasteiger partial charge in [0.1, 0.15) is 11.0 Å². The molecular formula is C20H16N2OS2. The third-order valence-electron chi connectivity index (χ3n) is 4.04. The maximum absolute atomic E-state index is 12.7. The topological polar surface area (TPSA) is 44.9 Å². The SMILES string of the molecule is O=S(Nc1ccccc1S)c1cccc(-c2ccc3[nH]ccc3c2)c1. The first kappa shape index (κ1) is 16.0. The lowest BCUT2D eigenvalue weighted by Crippen LogP contribution is -2.05. The van der Waals surface area contributed by atoms with E-state index < -0.39 is 11.0 Å². The molecule has 0 spiro atoms. The van der Waals surface area contributed by atoms with Gasteiger partial charge < -0.3 is 9.71 Å². The molecule has 3 aromatic carbocycles. The normalized spacial score (nSPS) is 12.2. The van der Waals surface area contributed by atoms with E-state index >= 15 is 0 Å². The second kappa shape index (κ2) is 6.78. The smallest absolute Gasteiger partial charge is 0.150 e. The van der Waals surface area contributed by atoms with Gasteiger partial charge in [-0.05, 0) is 59.0 Å². The average molecular weight is 364 g/mol. The summed E-state index contributed by atoms with van der Waals surface area (Å²) in [6.45, 7) is 0. The minimum atomic E-state index is -1.35. The number of aromatic nitrogens is 1. The number of rotatable bonds is 4. The fraction of sp³-hybridized carbons (Fsp3) is 0. The molecule has 0 aliphatic heterocycles.